The summed E-state index contributed by atoms with van der Waals surface area (Å²) in [6, 6.07) is 7.74. The maximum atomic E-state index is 12.4. The van der Waals surface area contributed by atoms with Crippen molar-refractivity contribution in [3.8, 4) is 5.75 Å². The van der Waals surface area contributed by atoms with Crippen LogP contribution in [-0.4, -0.2) is 64.7 Å². The Hall–Kier alpha value is -2.62. The Balaban J connectivity index is 1.81. The van der Waals surface area contributed by atoms with Gasteiger partial charge in [-0.05, 0) is 38.5 Å². The fourth-order valence-corrected chi connectivity index (χ4v) is 4.62. The van der Waals surface area contributed by atoms with E-state index in [1.54, 1.807) is 21.0 Å². The molecule has 1 saturated heterocycles. The zero-order valence-electron chi connectivity index (χ0n) is 18.2. The summed E-state index contributed by atoms with van der Waals surface area (Å²) in [5.74, 6) is 3.17. The van der Waals surface area contributed by atoms with Gasteiger partial charge in [0.05, 0.1) is 30.7 Å². The van der Waals surface area contributed by atoms with Crippen LogP contribution in [0, 0.1) is 6.92 Å². The van der Waals surface area contributed by atoms with E-state index in [1.165, 1.54) is 0 Å². The first-order valence-corrected chi connectivity index (χ1v) is 11.5. The average molecular weight is 435 g/mol. The molecule has 164 valence electrons. The molecule has 0 unspecified atom stereocenters. The molecule has 0 bridgehead atoms. The fourth-order valence-electron chi connectivity index (χ4n) is 3.25. The van der Waals surface area contributed by atoms with Crippen LogP contribution in [0.3, 0.4) is 0 Å². The minimum atomic E-state index is -3.14. The van der Waals surface area contributed by atoms with Crippen molar-refractivity contribution in [3.05, 3.63) is 41.5 Å². The van der Waals surface area contributed by atoms with Gasteiger partial charge < -0.3 is 19.5 Å². The Morgan fingerprint density at radius 3 is 2.53 bits per heavy atom. The van der Waals surface area contributed by atoms with Crippen molar-refractivity contribution in [2.75, 3.05) is 26.0 Å². The highest BCUT2D eigenvalue weighted by Crippen LogP contribution is 2.24. The van der Waals surface area contributed by atoms with Crippen molar-refractivity contribution in [3.63, 3.8) is 0 Å². The van der Waals surface area contributed by atoms with Crippen LogP contribution in [0.4, 0.5) is 0 Å². The molecule has 1 N–H and O–H groups in total. The topological polar surface area (TPSA) is 102 Å². The Morgan fingerprint density at radius 1 is 1.27 bits per heavy atom. The summed E-state index contributed by atoms with van der Waals surface area (Å²) in [7, 11) is 0.411. The normalized spacial score (nSPS) is 18.3. The third-order valence-corrected chi connectivity index (χ3v) is 8.03. The van der Waals surface area contributed by atoms with Gasteiger partial charge in [0.2, 0.25) is 0 Å². The van der Waals surface area contributed by atoms with E-state index in [1.807, 2.05) is 47.7 Å². The van der Waals surface area contributed by atoms with Gasteiger partial charge in [-0.15, -0.1) is 10.2 Å². The molecule has 30 heavy (non-hydrogen) atoms. The summed E-state index contributed by atoms with van der Waals surface area (Å²) in [6.07, 6.45) is 0. The lowest BCUT2D eigenvalue weighted by molar-refractivity contribution is 0.352. The number of methoxy groups -OCH3 is 1. The molecule has 0 radical (unpaired) electrons. The molecule has 2 heterocycles. The molecule has 3 rings (SSSR count). The summed E-state index contributed by atoms with van der Waals surface area (Å²) in [4.78, 5) is 6.78. The van der Waals surface area contributed by atoms with E-state index in [9.17, 15) is 8.42 Å². The molecule has 1 aromatic heterocycles. The van der Waals surface area contributed by atoms with E-state index in [-0.39, 0.29) is 5.75 Å². The molecule has 1 aliphatic heterocycles. The predicted octanol–water partition coefficient (Wildman–Crippen LogP) is 1.29. The number of aliphatic imine (C=N–C) groups is 1. The van der Waals surface area contributed by atoms with Crippen LogP contribution in [0.25, 0.3) is 0 Å². The number of rotatable bonds is 5. The maximum absolute atomic E-state index is 12.4. The van der Waals surface area contributed by atoms with Crippen molar-refractivity contribution in [1.82, 2.24) is 25.0 Å². The number of nitrogens with one attached hydrogen (secondary N) is 1. The van der Waals surface area contributed by atoms with Gasteiger partial charge in [-0.1, -0.05) is 12.1 Å². The molecule has 0 aliphatic carbocycles. The lowest BCUT2D eigenvalue weighted by Gasteiger charge is -2.39. The first kappa shape index (κ1) is 22.1. The fraction of sp³-hybridized carbons (Fsp3) is 0.550. The maximum Gasteiger partial charge on any atom is 0.194 e. The monoisotopic (exact) mass is 434 g/mol. The number of aromatic nitrogens is 3. The van der Waals surface area contributed by atoms with Crippen LogP contribution in [0.5, 0.6) is 5.75 Å². The number of sulfone groups is 1. The van der Waals surface area contributed by atoms with Crippen LogP contribution in [0.15, 0.2) is 29.3 Å². The molecule has 0 amide bonds. The second-order valence-electron chi connectivity index (χ2n) is 8.06. The summed E-state index contributed by atoms with van der Waals surface area (Å²) in [6.45, 7) is 7.12. The van der Waals surface area contributed by atoms with Crippen molar-refractivity contribution in [1.29, 1.82) is 0 Å². The number of nitrogens with zero attached hydrogens (tertiary/aromatic N) is 5. The highest BCUT2D eigenvalue weighted by Gasteiger charge is 2.41. The zero-order chi connectivity index (χ0) is 21.9. The second kappa shape index (κ2) is 8.63. The highest BCUT2D eigenvalue weighted by atomic mass is 32.2. The van der Waals surface area contributed by atoms with E-state index in [2.05, 4.69) is 15.5 Å². The van der Waals surface area contributed by atoms with Crippen LogP contribution in [0.1, 0.15) is 31.1 Å². The SMILES string of the molecule is COc1ccc(CN=C(NCc2nnc(C)n2C)N2CCS(=O)(=O)C(C)(C)C2)cc1. The van der Waals surface area contributed by atoms with Crippen LogP contribution >= 0.6 is 0 Å². The molecular weight excluding hydrogens is 404 g/mol. The molecule has 1 aromatic carbocycles. The van der Waals surface area contributed by atoms with E-state index in [0.717, 1.165) is 23.0 Å². The second-order valence-corrected chi connectivity index (χ2v) is 10.8. The highest BCUT2D eigenvalue weighted by molar-refractivity contribution is 7.92. The van der Waals surface area contributed by atoms with Crippen molar-refractivity contribution in [2.24, 2.45) is 12.0 Å². The molecule has 1 fully saturated rings. The van der Waals surface area contributed by atoms with Gasteiger partial charge in [-0.2, -0.15) is 0 Å². The Labute approximate surface area is 178 Å². The summed E-state index contributed by atoms with van der Waals surface area (Å²) in [5.41, 5.74) is 1.04. The molecule has 0 saturated carbocycles. The molecule has 1 aliphatic rings. The van der Waals surface area contributed by atoms with E-state index >= 15 is 0 Å². The van der Waals surface area contributed by atoms with Crippen molar-refractivity contribution in [2.45, 2.75) is 38.6 Å². The van der Waals surface area contributed by atoms with Gasteiger partial charge in [0.25, 0.3) is 0 Å². The number of hydrogen-bond acceptors (Lipinski definition) is 6. The van der Waals surface area contributed by atoms with Gasteiger partial charge in [-0.3, -0.25) is 0 Å². The van der Waals surface area contributed by atoms with Crippen LogP contribution in [0.2, 0.25) is 0 Å². The number of guanidine groups is 1. The lowest BCUT2D eigenvalue weighted by atomic mass is 10.2. The smallest absolute Gasteiger partial charge is 0.194 e. The Bertz CT molecular complexity index is 1010. The number of hydrogen-bond donors (Lipinski definition) is 1. The van der Waals surface area contributed by atoms with Gasteiger partial charge in [0.1, 0.15) is 11.6 Å². The van der Waals surface area contributed by atoms with Crippen LogP contribution in [-0.2, 0) is 30.0 Å². The Morgan fingerprint density at radius 2 is 1.97 bits per heavy atom. The summed E-state index contributed by atoms with van der Waals surface area (Å²) >= 11 is 0. The standard InChI is InChI=1S/C20H30N6O3S/c1-15-23-24-18(25(15)4)13-22-19(21-12-16-6-8-17(29-5)9-7-16)26-10-11-30(27,28)20(2,3)14-26/h6-9H,10-14H2,1-5H3,(H,21,22). The van der Waals surface area contributed by atoms with Gasteiger partial charge >= 0.3 is 0 Å². The third-order valence-electron chi connectivity index (χ3n) is 5.50. The zero-order valence-corrected chi connectivity index (χ0v) is 19.0. The lowest BCUT2D eigenvalue weighted by Crippen LogP contribution is -2.57. The molecule has 0 spiro atoms. The number of benzene rings is 1. The number of ether oxygens (including phenoxy) is 1. The van der Waals surface area contributed by atoms with Gasteiger partial charge in [0, 0.05) is 20.1 Å². The summed E-state index contributed by atoms with van der Waals surface area (Å²) < 4.78 is 31.1. The first-order valence-electron chi connectivity index (χ1n) is 9.86. The van der Waals surface area contributed by atoms with E-state index in [4.69, 9.17) is 9.73 Å². The summed E-state index contributed by atoms with van der Waals surface area (Å²) in [5, 5.41) is 11.6. The molecule has 9 nitrogen and oxygen atoms in total. The molecule has 10 heteroatoms. The molecular formula is C20H30N6O3S. The van der Waals surface area contributed by atoms with Crippen molar-refractivity contribution >= 4 is 15.8 Å². The minimum absolute atomic E-state index is 0.103. The molecule has 2 aromatic rings. The van der Waals surface area contributed by atoms with Crippen LogP contribution < -0.4 is 10.1 Å². The third kappa shape index (κ3) is 4.75. The van der Waals surface area contributed by atoms with Gasteiger partial charge in [-0.25, -0.2) is 13.4 Å². The predicted molar refractivity (Wildman–Crippen MR) is 116 cm³/mol. The average Bonchev–Trinajstić information content (AvgIpc) is 3.03. The van der Waals surface area contributed by atoms with Gasteiger partial charge in [0.15, 0.2) is 21.6 Å². The first-order chi connectivity index (χ1) is 14.1. The number of aryl methyl sites for hydroxylation is 1. The minimum Gasteiger partial charge on any atom is -0.497 e. The largest absolute Gasteiger partial charge is 0.497 e. The quantitative estimate of drug-likeness (QED) is 0.559. The van der Waals surface area contributed by atoms with E-state index < -0.39 is 14.6 Å². The Kier molecular flexibility index (Phi) is 6.35. The van der Waals surface area contributed by atoms with E-state index in [0.29, 0.717) is 32.1 Å². The van der Waals surface area contributed by atoms with Crippen molar-refractivity contribution < 1.29 is 13.2 Å². The molecule has 0 atom stereocenters.